The number of hydrogen-bond acceptors (Lipinski definition) is 14. The first kappa shape index (κ1) is 24.8. The minimum atomic E-state index is -2.12. The fraction of sp³-hybridized carbons (Fsp3) is 1.00. The highest BCUT2D eigenvalue weighted by atomic mass is 16.9. The Kier molecular flexibility index (Phi) is 9.27. The second-order valence-electron chi connectivity index (χ2n) is 5.95. The number of aliphatic hydroxyl groups excluding tert-OH is 7. The maximum absolute atomic E-state index is 10.2. The zero-order valence-electron chi connectivity index (χ0n) is 14.3. The quantitative estimate of drug-likeness (QED) is 0.143. The number of hydrogen-bond donors (Lipinski definition) is 9. The fourth-order valence-electron chi connectivity index (χ4n) is 2.73. The van der Waals surface area contributed by atoms with Crippen LogP contribution in [0.3, 0.4) is 0 Å². The van der Waals surface area contributed by atoms with E-state index in [1.807, 2.05) is 0 Å². The first-order chi connectivity index (χ1) is 13.0. The molecule has 0 aromatic heterocycles. The Hall–Kier alpha value is -1.28. The van der Waals surface area contributed by atoms with Crippen LogP contribution in [-0.2, 0) is 19.0 Å². The van der Waals surface area contributed by atoms with Crippen molar-refractivity contribution in [1.29, 1.82) is 0 Å². The van der Waals surface area contributed by atoms with Crippen LogP contribution >= 0.6 is 0 Å². The number of rotatable bonds is 6. The van der Waals surface area contributed by atoms with Gasteiger partial charge in [-0.2, -0.15) is 0 Å². The summed E-state index contributed by atoms with van der Waals surface area (Å²) in [6, 6.07) is 0. The van der Waals surface area contributed by atoms with Crippen molar-refractivity contribution in [1.82, 2.24) is 0 Å². The van der Waals surface area contributed by atoms with Crippen molar-refractivity contribution in [2.45, 2.75) is 54.8 Å². The van der Waals surface area contributed by atoms with E-state index in [1.165, 1.54) is 0 Å². The van der Waals surface area contributed by atoms with Gasteiger partial charge in [0.25, 0.3) is 5.09 Å². The van der Waals surface area contributed by atoms with Crippen molar-refractivity contribution in [2.75, 3.05) is 19.8 Å². The Bertz CT molecular complexity index is 493. The van der Waals surface area contributed by atoms with Gasteiger partial charge in [-0.15, -0.1) is 10.1 Å². The van der Waals surface area contributed by atoms with Crippen molar-refractivity contribution in [3.05, 3.63) is 10.1 Å². The summed E-state index contributed by atoms with van der Waals surface area (Å²) in [5, 5.41) is 81.4. The van der Waals surface area contributed by atoms with E-state index in [1.54, 1.807) is 0 Å². The summed E-state index contributed by atoms with van der Waals surface area (Å²) in [5.41, 5.74) is 0. The van der Waals surface area contributed by atoms with Gasteiger partial charge in [-0.25, -0.2) is 5.90 Å². The molecular formula is C12H24N2O14. The van der Waals surface area contributed by atoms with Crippen molar-refractivity contribution < 1.29 is 65.1 Å². The number of aliphatic hydroxyl groups is 7. The molecule has 2 saturated heterocycles. The van der Waals surface area contributed by atoms with Crippen LogP contribution in [0, 0.1) is 10.1 Å². The Morgan fingerprint density at radius 2 is 1.54 bits per heavy atom. The topological polar surface area (TPSA) is 268 Å². The Labute approximate surface area is 156 Å². The van der Waals surface area contributed by atoms with Crippen LogP contribution < -0.4 is 5.90 Å². The molecular weight excluding hydrogens is 396 g/mol. The summed E-state index contributed by atoms with van der Waals surface area (Å²) < 4.78 is 15.8. The molecule has 9 atom stereocenters. The molecule has 2 heterocycles. The molecule has 16 heteroatoms. The normalized spacial score (nSPS) is 43.3. The molecule has 10 N–H and O–H groups in total. The van der Waals surface area contributed by atoms with Crippen LogP contribution in [0.15, 0.2) is 0 Å². The average Bonchev–Trinajstić information content (AvgIpc) is 2.87. The molecule has 166 valence electrons. The molecule has 2 fully saturated rings. The third-order valence-electron chi connectivity index (χ3n) is 4.13. The molecule has 0 amide bonds. The van der Waals surface area contributed by atoms with Crippen molar-refractivity contribution in [3.8, 4) is 0 Å². The predicted molar refractivity (Wildman–Crippen MR) is 80.5 cm³/mol. The van der Waals surface area contributed by atoms with E-state index in [4.69, 9.17) is 45.6 Å². The number of ether oxygens (including phenoxy) is 3. The summed E-state index contributed by atoms with van der Waals surface area (Å²) in [6.45, 7) is -1.95. The van der Waals surface area contributed by atoms with Crippen molar-refractivity contribution in [2.24, 2.45) is 5.90 Å². The van der Waals surface area contributed by atoms with Crippen LogP contribution in [0.4, 0.5) is 0 Å². The highest BCUT2D eigenvalue weighted by molar-refractivity contribution is 4.98. The van der Waals surface area contributed by atoms with E-state index in [9.17, 15) is 25.5 Å². The van der Waals surface area contributed by atoms with Gasteiger partial charge in [0.1, 0.15) is 49.3 Å². The Balaban J connectivity index is 0.000000892. The fourth-order valence-corrected chi connectivity index (χ4v) is 2.73. The van der Waals surface area contributed by atoms with Gasteiger partial charge in [0.15, 0.2) is 6.29 Å². The third-order valence-corrected chi connectivity index (χ3v) is 4.13. The van der Waals surface area contributed by atoms with E-state index >= 15 is 0 Å². The smallest absolute Gasteiger partial charge is 0.291 e. The summed E-state index contributed by atoms with van der Waals surface area (Å²) in [4.78, 5) is 12.8. The standard InChI is InChI=1S/C12H23NO11.HNO3/c13-21-3-12(10(20)7(17)5(2-15)23-12)24-11-9(19)8(18)6(16)4(1-14)22-11;2-1(3)4/h4-11,14-20H,1-3,13H2;(H,2,3,4)/t4-,5+,6-,7+,8+,9-,10-,11-,12-;/m0./s1. The molecule has 0 aromatic rings. The third kappa shape index (κ3) is 5.41. The van der Waals surface area contributed by atoms with Crippen LogP contribution in [0.1, 0.15) is 0 Å². The van der Waals surface area contributed by atoms with Gasteiger partial charge in [0.2, 0.25) is 5.79 Å². The van der Waals surface area contributed by atoms with Gasteiger partial charge in [-0.05, 0) is 0 Å². The average molecular weight is 420 g/mol. The molecule has 2 aliphatic heterocycles. The second-order valence-corrected chi connectivity index (χ2v) is 5.95. The minimum absolute atomic E-state index is 0.614. The minimum Gasteiger partial charge on any atom is -0.394 e. The maximum Gasteiger partial charge on any atom is 0.291 e. The van der Waals surface area contributed by atoms with Gasteiger partial charge in [-0.3, -0.25) is 4.84 Å². The largest absolute Gasteiger partial charge is 0.394 e. The molecule has 0 radical (unpaired) electrons. The molecule has 0 aliphatic carbocycles. The van der Waals surface area contributed by atoms with Crippen LogP contribution in [0.5, 0.6) is 0 Å². The van der Waals surface area contributed by atoms with Crippen molar-refractivity contribution >= 4 is 0 Å². The first-order valence-corrected chi connectivity index (χ1v) is 7.82. The van der Waals surface area contributed by atoms with Crippen molar-refractivity contribution in [3.63, 3.8) is 0 Å². The van der Waals surface area contributed by atoms with E-state index in [-0.39, 0.29) is 0 Å². The lowest BCUT2D eigenvalue weighted by molar-refractivity contribution is -0.742. The molecule has 0 saturated carbocycles. The number of nitrogens with two attached hydrogens (primary N) is 1. The molecule has 2 aliphatic rings. The number of nitrogens with zero attached hydrogens (tertiary/aromatic N) is 1. The van der Waals surface area contributed by atoms with Crippen LogP contribution in [0.25, 0.3) is 0 Å². The zero-order chi connectivity index (χ0) is 21.6. The zero-order valence-corrected chi connectivity index (χ0v) is 14.3. The van der Waals surface area contributed by atoms with E-state index in [0.717, 1.165) is 0 Å². The molecule has 0 unspecified atom stereocenters. The van der Waals surface area contributed by atoms with Crippen LogP contribution in [-0.4, -0.2) is 121 Å². The van der Waals surface area contributed by atoms with Gasteiger partial charge in [0, 0.05) is 0 Å². The maximum atomic E-state index is 10.2. The molecule has 2 rings (SSSR count). The Morgan fingerprint density at radius 3 is 1.96 bits per heavy atom. The Morgan fingerprint density at radius 1 is 1.00 bits per heavy atom. The van der Waals surface area contributed by atoms with Crippen LogP contribution in [0.2, 0.25) is 0 Å². The summed E-state index contributed by atoms with van der Waals surface area (Å²) in [7, 11) is 0. The predicted octanol–water partition coefficient (Wildman–Crippen LogP) is -5.85. The molecule has 0 spiro atoms. The lowest BCUT2D eigenvalue weighted by Gasteiger charge is -2.43. The highest BCUT2D eigenvalue weighted by Crippen LogP contribution is 2.36. The van der Waals surface area contributed by atoms with Gasteiger partial charge in [0.05, 0.1) is 13.2 Å². The van der Waals surface area contributed by atoms with E-state index < -0.39 is 79.7 Å². The van der Waals surface area contributed by atoms with Gasteiger partial charge in [-0.1, -0.05) is 0 Å². The summed E-state index contributed by atoms with van der Waals surface area (Å²) in [6.07, 6.45) is -12.5. The molecule has 0 bridgehead atoms. The monoisotopic (exact) mass is 420 g/mol. The lowest BCUT2D eigenvalue weighted by atomic mass is 9.99. The van der Waals surface area contributed by atoms with E-state index in [2.05, 4.69) is 4.84 Å². The second kappa shape index (κ2) is 10.5. The van der Waals surface area contributed by atoms with Gasteiger partial charge >= 0.3 is 0 Å². The highest BCUT2D eigenvalue weighted by Gasteiger charge is 2.58. The summed E-state index contributed by atoms with van der Waals surface area (Å²) >= 11 is 0. The first-order valence-electron chi connectivity index (χ1n) is 7.82. The summed E-state index contributed by atoms with van der Waals surface area (Å²) in [5.74, 6) is 2.87. The molecule has 0 aromatic carbocycles. The SMILES string of the molecule is NOC[C@@]1(O[C@@H]2O[C@@H](CO)[C@H](O)[C@@H](O)[C@@H]2O)O[C@H](CO)[C@@H](O)[C@@H]1O.O=[N+]([O-])O. The molecule has 28 heavy (non-hydrogen) atoms. The van der Waals surface area contributed by atoms with E-state index in [0.29, 0.717) is 0 Å². The van der Waals surface area contributed by atoms with Gasteiger partial charge < -0.3 is 55.2 Å². The molecule has 16 nitrogen and oxygen atoms in total. The lowest BCUT2D eigenvalue weighted by Crippen LogP contribution is -2.63.